The van der Waals surface area contributed by atoms with Crippen molar-refractivity contribution in [3.8, 4) is 0 Å². The molecule has 1 aliphatic heterocycles. The van der Waals surface area contributed by atoms with E-state index in [-0.39, 0.29) is 18.2 Å². The fourth-order valence-electron chi connectivity index (χ4n) is 2.90. The lowest BCUT2D eigenvalue weighted by molar-refractivity contribution is -0.143. The van der Waals surface area contributed by atoms with Crippen LogP contribution in [0.15, 0.2) is 22.6 Å². The summed E-state index contributed by atoms with van der Waals surface area (Å²) in [6, 6.07) is 5.21. The molecular formula is C16H16ClNO4. The zero-order chi connectivity index (χ0) is 15.9. The van der Waals surface area contributed by atoms with Gasteiger partial charge >= 0.3 is 5.97 Å². The summed E-state index contributed by atoms with van der Waals surface area (Å²) in [5.41, 5.74) is 1.34. The van der Waals surface area contributed by atoms with Crippen LogP contribution in [-0.2, 0) is 4.79 Å². The number of benzene rings is 1. The molecule has 5 nitrogen and oxygen atoms in total. The summed E-state index contributed by atoms with van der Waals surface area (Å²) in [6.45, 7) is 2.60. The molecule has 1 fully saturated rings. The molecule has 116 valence electrons. The summed E-state index contributed by atoms with van der Waals surface area (Å²) < 4.78 is 5.67. The Hall–Kier alpha value is -2.01. The molecule has 1 aliphatic rings. The smallest absolute Gasteiger partial charge is 0.308 e. The Bertz CT molecular complexity index is 752. The summed E-state index contributed by atoms with van der Waals surface area (Å²) in [7, 11) is 0. The Balaban J connectivity index is 1.92. The number of carboxylic acids is 1. The van der Waals surface area contributed by atoms with E-state index in [4.69, 9.17) is 21.1 Å². The second kappa shape index (κ2) is 5.65. The van der Waals surface area contributed by atoms with Crippen LogP contribution in [0.5, 0.6) is 0 Å². The number of aliphatic carboxylic acids is 1. The normalized spacial score (nSPS) is 18.6. The maximum atomic E-state index is 12.6. The van der Waals surface area contributed by atoms with Crippen molar-refractivity contribution >= 4 is 34.4 Å². The molecule has 2 aromatic rings. The van der Waals surface area contributed by atoms with Gasteiger partial charge in [-0.25, -0.2) is 0 Å². The molecule has 1 aromatic carbocycles. The quantitative estimate of drug-likeness (QED) is 0.921. The third-order valence-electron chi connectivity index (χ3n) is 4.15. The SMILES string of the molecule is Cc1c(C(=O)N2CCC[C@H](C(=O)O)C2)oc2ccc(Cl)cc12. The van der Waals surface area contributed by atoms with Gasteiger partial charge in [0.2, 0.25) is 0 Å². The molecule has 3 rings (SSSR count). The molecule has 0 radical (unpaired) electrons. The standard InChI is InChI=1S/C16H16ClNO4/c1-9-12-7-11(17)4-5-13(12)22-14(9)15(19)18-6-2-3-10(8-18)16(20)21/h4-5,7,10H,2-3,6,8H2,1H3,(H,20,21)/t10-/m0/s1. The van der Waals surface area contributed by atoms with Crippen LogP contribution >= 0.6 is 11.6 Å². The molecule has 22 heavy (non-hydrogen) atoms. The highest BCUT2D eigenvalue weighted by Gasteiger charge is 2.31. The molecule has 2 heterocycles. The number of carboxylic acid groups (broad SMARTS) is 1. The van der Waals surface area contributed by atoms with Crippen molar-refractivity contribution in [1.82, 2.24) is 4.90 Å². The lowest BCUT2D eigenvalue weighted by Crippen LogP contribution is -2.42. The van der Waals surface area contributed by atoms with E-state index in [0.29, 0.717) is 30.0 Å². The number of hydrogen-bond donors (Lipinski definition) is 1. The van der Waals surface area contributed by atoms with Gasteiger partial charge in [-0.1, -0.05) is 11.6 Å². The van der Waals surface area contributed by atoms with Gasteiger partial charge in [0, 0.05) is 29.1 Å². The van der Waals surface area contributed by atoms with Crippen LogP contribution in [0.3, 0.4) is 0 Å². The van der Waals surface area contributed by atoms with Crippen molar-refractivity contribution in [2.24, 2.45) is 5.92 Å². The number of likely N-dealkylation sites (tertiary alicyclic amines) is 1. The van der Waals surface area contributed by atoms with E-state index in [1.54, 1.807) is 23.1 Å². The highest BCUT2D eigenvalue weighted by atomic mass is 35.5. The average molecular weight is 322 g/mol. The van der Waals surface area contributed by atoms with Gasteiger partial charge in [-0.2, -0.15) is 0 Å². The number of fused-ring (bicyclic) bond motifs is 1. The number of furan rings is 1. The van der Waals surface area contributed by atoms with Crippen LogP contribution in [-0.4, -0.2) is 35.0 Å². The lowest BCUT2D eigenvalue weighted by Gasteiger charge is -2.30. The first kappa shape index (κ1) is 14.9. The predicted molar refractivity (Wildman–Crippen MR) is 82.2 cm³/mol. The van der Waals surface area contributed by atoms with Crippen LogP contribution in [0.4, 0.5) is 0 Å². The fourth-order valence-corrected chi connectivity index (χ4v) is 3.08. The van der Waals surface area contributed by atoms with Crippen LogP contribution in [0.1, 0.15) is 29.0 Å². The molecule has 1 N–H and O–H groups in total. The van der Waals surface area contributed by atoms with E-state index in [0.717, 1.165) is 10.9 Å². The van der Waals surface area contributed by atoms with Crippen molar-refractivity contribution in [2.75, 3.05) is 13.1 Å². The molecule has 6 heteroatoms. The molecule has 0 bridgehead atoms. The summed E-state index contributed by atoms with van der Waals surface area (Å²) in [5.74, 6) is -1.35. The first-order valence-electron chi connectivity index (χ1n) is 7.18. The Morgan fingerprint density at radius 2 is 2.18 bits per heavy atom. The van der Waals surface area contributed by atoms with Gasteiger partial charge in [0.05, 0.1) is 5.92 Å². The zero-order valence-corrected chi connectivity index (χ0v) is 12.9. The third-order valence-corrected chi connectivity index (χ3v) is 4.39. The average Bonchev–Trinajstić information content (AvgIpc) is 2.83. The number of piperidine rings is 1. The van der Waals surface area contributed by atoms with E-state index in [1.807, 2.05) is 6.92 Å². The van der Waals surface area contributed by atoms with E-state index < -0.39 is 11.9 Å². The second-order valence-corrected chi connectivity index (χ2v) is 6.06. The van der Waals surface area contributed by atoms with Crippen molar-refractivity contribution in [3.05, 3.63) is 34.5 Å². The Morgan fingerprint density at radius 3 is 2.91 bits per heavy atom. The second-order valence-electron chi connectivity index (χ2n) is 5.63. The Morgan fingerprint density at radius 1 is 1.41 bits per heavy atom. The number of halogens is 1. The van der Waals surface area contributed by atoms with Gasteiger partial charge in [0.25, 0.3) is 5.91 Å². The van der Waals surface area contributed by atoms with E-state index in [2.05, 4.69) is 0 Å². The molecule has 0 unspecified atom stereocenters. The minimum absolute atomic E-state index is 0.228. The number of aryl methyl sites for hydroxylation is 1. The summed E-state index contributed by atoms with van der Waals surface area (Å²) in [6.07, 6.45) is 1.29. The van der Waals surface area contributed by atoms with Gasteiger partial charge in [-0.3, -0.25) is 9.59 Å². The molecule has 1 aromatic heterocycles. The number of carbonyl (C=O) groups excluding carboxylic acids is 1. The van der Waals surface area contributed by atoms with Crippen LogP contribution in [0, 0.1) is 12.8 Å². The van der Waals surface area contributed by atoms with Crippen LogP contribution in [0.25, 0.3) is 11.0 Å². The van der Waals surface area contributed by atoms with Crippen molar-refractivity contribution in [2.45, 2.75) is 19.8 Å². The maximum absolute atomic E-state index is 12.6. The van der Waals surface area contributed by atoms with Crippen LogP contribution in [0.2, 0.25) is 5.02 Å². The monoisotopic (exact) mass is 321 g/mol. The minimum Gasteiger partial charge on any atom is -0.481 e. The van der Waals surface area contributed by atoms with E-state index >= 15 is 0 Å². The molecule has 0 aliphatic carbocycles. The topological polar surface area (TPSA) is 70.8 Å². The molecule has 1 atom stereocenters. The van der Waals surface area contributed by atoms with Crippen molar-refractivity contribution in [3.63, 3.8) is 0 Å². The fraction of sp³-hybridized carbons (Fsp3) is 0.375. The summed E-state index contributed by atoms with van der Waals surface area (Å²) in [5, 5.41) is 10.5. The highest BCUT2D eigenvalue weighted by molar-refractivity contribution is 6.31. The molecule has 0 spiro atoms. The van der Waals surface area contributed by atoms with Gasteiger partial charge in [0.1, 0.15) is 5.58 Å². The molecule has 0 saturated carbocycles. The number of nitrogens with zero attached hydrogens (tertiary/aromatic N) is 1. The number of amides is 1. The molecule has 1 saturated heterocycles. The minimum atomic E-state index is -0.856. The first-order chi connectivity index (χ1) is 10.5. The van der Waals surface area contributed by atoms with Gasteiger partial charge < -0.3 is 14.4 Å². The Labute approximate surface area is 132 Å². The van der Waals surface area contributed by atoms with Gasteiger partial charge in [-0.15, -0.1) is 0 Å². The largest absolute Gasteiger partial charge is 0.481 e. The first-order valence-corrected chi connectivity index (χ1v) is 7.56. The Kier molecular flexibility index (Phi) is 3.83. The number of hydrogen-bond acceptors (Lipinski definition) is 3. The molecular weight excluding hydrogens is 306 g/mol. The summed E-state index contributed by atoms with van der Waals surface area (Å²) >= 11 is 5.98. The maximum Gasteiger partial charge on any atom is 0.308 e. The molecule has 1 amide bonds. The highest BCUT2D eigenvalue weighted by Crippen LogP contribution is 2.29. The van der Waals surface area contributed by atoms with Gasteiger partial charge in [0.15, 0.2) is 5.76 Å². The predicted octanol–water partition coefficient (Wildman–Crippen LogP) is 3.33. The van der Waals surface area contributed by atoms with Crippen molar-refractivity contribution in [1.29, 1.82) is 0 Å². The van der Waals surface area contributed by atoms with Gasteiger partial charge in [-0.05, 0) is 38.0 Å². The summed E-state index contributed by atoms with van der Waals surface area (Å²) in [4.78, 5) is 25.3. The van der Waals surface area contributed by atoms with E-state index in [9.17, 15) is 9.59 Å². The zero-order valence-electron chi connectivity index (χ0n) is 12.1. The lowest BCUT2D eigenvalue weighted by atomic mass is 9.98. The number of rotatable bonds is 2. The van der Waals surface area contributed by atoms with Crippen LogP contribution < -0.4 is 0 Å². The third kappa shape index (κ3) is 2.57. The van der Waals surface area contributed by atoms with E-state index in [1.165, 1.54) is 0 Å². The number of carbonyl (C=O) groups is 2. The van der Waals surface area contributed by atoms with Crippen molar-refractivity contribution < 1.29 is 19.1 Å².